The summed E-state index contributed by atoms with van der Waals surface area (Å²) in [5.41, 5.74) is 10.8. The van der Waals surface area contributed by atoms with Gasteiger partial charge in [-0.1, -0.05) is 6.07 Å². The van der Waals surface area contributed by atoms with E-state index in [-0.39, 0.29) is 23.5 Å². The zero-order valence-corrected chi connectivity index (χ0v) is 22.9. The molecule has 2 aromatic heterocycles. The Bertz CT molecular complexity index is 1570. The average molecular weight is 558 g/mol. The van der Waals surface area contributed by atoms with Gasteiger partial charge in [0, 0.05) is 30.4 Å². The summed E-state index contributed by atoms with van der Waals surface area (Å²) in [6.07, 6.45) is 7.24. The molecule has 0 amide bonds. The third kappa shape index (κ3) is 5.10. The van der Waals surface area contributed by atoms with E-state index < -0.39 is 0 Å². The first-order valence-corrected chi connectivity index (χ1v) is 14.5. The van der Waals surface area contributed by atoms with E-state index in [0.29, 0.717) is 28.9 Å². The minimum absolute atomic E-state index is 0.125. The Kier molecular flexibility index (Phi) is 6.74. The number of benzene rings is 2. The van der Waals surface area contributed by atoms with Crippen molar-refractivity contribution in [2.24, 2.45) is 0 Å². The SMILES string of the molecule is Nc1nc(Nc2ccc(N3CCC(N4CCCC4)CC3)c(F)c2)nn1-c1cc2c(nn1)-c1cc(F)ccc1CCC2. The summed E-state index contributed by atoms with van der Waals surface area (Å²) >= 11 is 0. The molecular formula is C30H33F2N9. The van der Waals surface area contributed by atoms with Crippen LogP contribution in [0.4, 0.5) is 32.1 Å². The maximum atomic E-state index is 15.2. The molecule has 2 aliphatic heterocycles. The number of aryl methyl sites for hydroxylation is 2. The van der Waals surface area contributed by atoms with Crippen LogP contribution in [0.25, 0.3) is 17.1 Å². The molecule has 212 valence electrons. The fraction of sp³-hybridized carbons (Fsp3) is 0.400. The Balaban J connectivity index is 1.06. The standard InChI is InChI=1S/C30H33F2N9/c31-21-7-6-19-4-3-5-20-16-27(36-37-28(20)24(19)17-21)41-29(33)35-30(38-41)34-22-8-9-26(25(32)18-22)40-14-10-23(11-15-40)39-12-1-2-13-39/h6-9,16-18,23H,1-5,10-15H2,(H3,33,34,35,38). The molecule has 9 nitrogen and oxygen atoms in total. The van der Waals surface area contributed by atoms with Crippen molar-refractivity contribution >= 4 is 23.3 Å². The first-order valence-electron chi connectivity index (χ1n) is 14.5. The lowest BCUT2D eigenvalue weighted by atomic mass is 10.0. The number of nitrogens with zero attached hydrogens (tertiary/aromatic N) is 7. The van der Waals surface area contributed by atoms with Crippen LogP contribution in [0.15, 0.2) is 42.5 Å². The predicted molar refractivity (Wildman–Crippen MR) is 155 cm³/mol. The number of anilines is 4. The fourth-order valence-electron chi connectivity index (χ4n) is 6.49. The number of hydrogen-bond donors (Lipinski definition) is 2. The highest BCUT2D eigenvalue weighted by Gasteiger charge is 2.27. The maximum absolute atomic E-state index is 15.2. The van der Waals surface area contributed by atoms with E-state index in [1.54, 1.807) is 0 Å². The molecule has 7 rings (SSSR count). The van der Waals surface area contributed by atoms with Gasteiger partial charge in [-0.15, -0.1) is 15.3 Å². The molecule has 0 radical (unpaired) electrons. The fourth-order valence-corrected chi connectivity index (χ4v) is 6.49. The first kappa shape index (κ1) is 25.8. The second-order valence-corrected chi connectivity index (χ2v) is 11.2. The number of nitrogens with two attached hydrogens (primary N) is 1. The van der Waals surface area contributed by atoms with E-state index in [2.05, 4.69) is 35.4 Å². The Morgan fingerprint density at radius 3 is 2.46 bits per heavy atom. The van der Waals surface area contributed by atoms with E-state index in [1.165, 1.54) is 48.8 Å². The van der Waals surface area contributed by atoms with Crippen LogP contribution < -0.4 is 16.0 Å². The second-order valence-electron chi connectivity index (χ2n) is 11.2. The van der Waals surface area contributed by atoms with Crippen LogP contribution in [0, 0.1) is 11.6 Å². The summed E-state index contributed by atoms with van der Waals surface area (Å²) in [4.78, 5) is 9.04. The molecule has 0 spiro atoms. The third-order valence-electron chi connectivity index (χ3n) is 8.59. The van der Waals surface area contributed by atoms with Gasteiger partial charge in [0.05, 0.1) is 11.4 Å². The predicted octanol–water partition coefficient (Wildman–Crippen LogP) is 4.88. The molecule has 4 heterocycles. The van der Waals surface area contributed by atoms with E-state index in [0.717, 1.165) is 61.9 Å². The van der Waals surface area contributed by atoms with Crippen LogP contribution >= 0.6 is 0 Å². The Morgan fingerprint density at radius 1 is 0.854 bits per heavy atom. The van der Waals surface area contributed by atoms with E-state index in [1.807, 2.05) is 24.3 Å². The summed E-state index contributed by atoms with van der Waals surface area (Å²) in [5.74, 6) is 0.186. The molecule has 11 heteroatoms. The van der Waals surface area contributed by atoms with Gasteiger partial charge in [0.15, 0.2) is 5.82 Å². The van der Waals surface area contributed by atoms with E-state index in [4.69, 9.17) is 5.73 Å². The summed E-state index contributed by atoms with van der Waals surface area (Å²) in [7, 11) is 0. The van der Waals surface area contributed by atoms with Crippen molar-refractivity contribution < 1.29 is 8.78 Å². The van der Waals surface area contributed by atoms with Crippen LogP contribution in [0.1, 0.15) is 43.2 Å². The zero-order chi connectivity index (χ0) is 27.9. The van der Waals surface area contributed by atoms with Gasteiger partial charge in [-0.2, -0.15) is 9.67 Å². The summed E-state index contributed by atoms with van der Waals surface area (Å²) in [6, 6.07) is 12.4. The summed E-state index contributed by atoms with van der Waals surface area (Å²) in [6.45, 7) is 4.11. The lowest BCUT2D eigenvalue weighted by Gasteiger charge is -2.37. The minimum atomic E-state index is -0.301. The summed E-state index contributed by atoms with van der Waals surface area (Å²) in [5, 5.41) is 16.3. The van der Waals surface area contributed by atoms with Gasteiger partial charge in [0.25, 0.3) is 0 Å². The van der Waals surface area contributed by atoms with Gasteiger partial charge >= 0.3 is 0 Å². The molecule has 2 saturated heterocycles. The van der Waals surface area contributed by atoms with Gasteiger partial charge in [-0.05, 0) is 106 Å². The van der Waals surface area contributed by atoms with Crippen molar-refractivity contribution in [3.05, 3.63) is 65.2 Å². The normalized spacial score (nSPS) is 17.8. The van der Waals surface area contributed by atoms with Crippen LogP contribution in [-0.4, -0.2) is 62.1 Å². The molecular weight excluding hydrogens is 524 g/mol. The summed E-state index contributed by atoms with van der Waals surface area (Å²) < 4.78 is 30.6. The molecule has 0 saturated carbocycles. The Hall–Kier alpha value is -4.12. The van der Waals surface area contributed by atoms with Crippen molar-refractivity contribution in [1.82, 2.24) is 29.9 Å². The number of rotatable bonds is 5. The van der Waals surface area contributed by atoms with Crippen molar-refractivity contribution in [3.8, 4) is 17.1 Å². The number of aromatic nitrogens is 5. The lowest BCUT2D eigenvalue weighted by molar-refractivity contribution is 0.207. The first-order chi connectivity index (χ1) is 20.0. The number of nitrogens with one attached hydrogen (secondary N) is 1. The Morgan fingerprint density at radius 2 is 1.66 bits per heavy atom. The Labute approximate surface area is 237 Å². The minimum Gasteiger partial charge on any atom is -0.369 e. The van der Waals surface area contributed by atoms with E-state index in [9.17, 15) is 4.39 Å². The topological polar surface area (TPSA) is 101 Å². The molecule has 3 aliphatic rings. The smallest absolute Gasteiger partial charge is 0.248 e. The van der Waals surface area contributed by atoms with Gasteiger partial charge in [0.2, 0.25) is 11.9 Å². The van der Waals surface area contributed by atoms with Crippen molar-refractivity contribution in [2.45, 2.75) is 51.0 Å². The quantitative estimate of drug-likeness (QED) is 0.358. The molecule has 3 N–H and O–H groups in total. The highest BCUT2D eigenvalue weighted by atomic mass is 19.1. The number of nitrogen functional groups attached to an aromatic ring is 1. The van der Waals surface area contributed by atoms with Gasteiger partial charge < -0.3 is 20.9 Å². The maximum Gasteiger partial charge on any atom is 0.248 e. The number of halogens is 2. The zero-order valence-electron chi connectivity index (χ0n) is 22.9. The number of hydrogen-bond acceptors (Lipinski definition) is 8. The van der Waals surface area contributed by atoms with Crippen molar-refractivity contribution in [1.29, 1.82) is 0 Å². The molecule has 0 unspecified atom stereocenters. The highest BCUT2D eigenvalue weighted by molar-refractivity contribution is 5.68. The lowest BCUT2D eigenvalue weighted by Crippen LogP contribution is -2.44. The van der Waals surface area contributed by atoms with Crippen LogP contribution in [-0.2, 0) is 12.8 Å². The van der Waals surface area contributed by atoms with Gasteiger partial charge in [-0.25, -0.2) is 8.78 Å². The van der Waals surface area contributed by atoms with Crippen LogP contribution in [0.5, 0.6) is 0 Å². The van der Waals surface area contributed by atoms with Crippen molar-refractivity contribution in [2.75, 3.05) is 42.1 Å². The van der Waals surface area contributed by atoms with Gasteiger partial charge in [0.1, 0.15) is 11.6 Å². The van der Waals surface area contributed by atoms with Crippen LogP contribution in [0.3, 0.4) is 0 Å². The number of fused-ring (bicyclic) bond motifs is 3. The molecule has 41 heavy (non-hydrogen) atoms. The molecule has 1 aliphatic carbocycles. The molecule has 0 atom stereocenters. The van der Waals surface area contributed by atoms with E-state index >= 15 is 4.39 Å². The number of piperidine rings is 1. The molecule has 0 bridgehead atoms. The van der Waals surface area contributed by atoms with Crippen LogP contribution in [0.2, 0.25) is 0 Å². The second kappa shape index (κ2) is 10.7. The highest BCUT2D eigenvalue weighted by Crippen LogP contribution is 2.33. The molecule has 2 aromatic carbocycles. The number of likely N-dealkylation sites (tertiary alicyclic amines) is 1. The average Bonchev–Trinajstić information content (AvgIpc) is 3.60. The molecule has 2 fully saturated rings. The monoisotopic (exact) mass is 557 g/mol. The largest absolute Gasteiger partial charge is 0.369 e. The third-order valence-corrected chi connectivity index (χ3v) is 8.59. The van der Waals surface area contributed by atoms with Gasteiger partial charge in [-0.3, -0.25) is 0 Å². The molecule has 4 aromatic rings. The van der Waals surface area contributed by atoms with Crippen molar-refractivity contribution in [3.63, 3.8) is 0 Å².